The van der Waals surface area contributed by atoms with Gasteiger partial charge in [-0.3, -0.25) is 14.4 Å². The van der Waals surface area contributed by atoms with Crippen molar-refractivity contribution in [1.29, 1.82) is 0 Å². The number of rotatable bonds is 7. The van der Waals surface area contributed by atoms with Crippen molar-refractivity contribution in [2.24, 2.45) is 0 Å². The summed E-state index contributed by atoms with van der Waals surface area (Å²) in [6.45, 7) is 4.71. The summed E-state index contributed by atoms with van der Waals surface area (Å²) in [6.07, 6.45) is -0.237. The predicted octanol–water partition coefficient (Wildman–Crippen LogP) is 3.55. The molecule has 39 heavy (non-hydrogen) atoms. The predicted molar refractivity (Wildman–Crippen MR) is 144 cm³/mol. The number of benzene rings is 3. The van der Waals surface area contributed by atoms with Gasteiger partial charge in [0.25, 0.3) is 17.7 Å². The lowest BCUT2D eigenvalue weighted by atomic mass is 10.1. The number of imide groups is 1. The summed E-state index contributed by atoms with van der Waals surface area (Å²) in [5.74, 6) is -1.21. The number of anilines is 2. The Bertz CT molecular complexity index is 1530. The first-order valence-corrected chi connectivity index (χ1v) is 13.9. The fraction of sp³-hybridized carbons (Fsp3) is 0.250. The molecule has 1 N–H and O–H groups in total. The number of carbonyl (C=O) groups excluding carboxylic acids is 3. The van der Waals surface area contributed by atoms with Gasteiger partial charge in [-0.25, -0.2) is 13.3 Å². The minimum Gasteiger partial charge on any atom is -0.489 e. The first-order chi connectivity index (χ1) is 18.7. The molecule has 0 bridgehead atoms. The van der Waals surface area contributed by atoms with Crippen molar-refractivity contribution in [3.63, 3.8) is 0 Å². The number of sulfonamides is 1. The van der Waals surface area contributed by atoms with E-state index >= 15 is 0 Å². The summed E-state index contributed by atoms with van der Waals surface area (Å²) in [5.41, 5.74) is 1.18. The van der Waals surface area contributed by atoms with E-state index in [-0.39, 0.29) is 41.0 Å². The molecule has 2 aliphatic rings. The van der Waals surface area contributed by atoms with Crippen LogP contribution >= 0.6 is 0 Å². The number of carbonyl (C=O) groups is 3. The molecule has 3 aromatic rings. The highest BCUT2D eigenvalue weighted by Crippen LogP contribution is 2.32. The molecular formula is C28H27N3O7S. The Hall–Kier alpha value is -4.06. The van der Waals surface area contributed by atoms with Crippen LogP contribution in [0, 0.1) is 0 Å². The first-order valence-electron chi connectivity index (χ1n) is 12.4. The zero-order chi connectivity index (χ0) is 27.7. The number of nitrogens with one attached hydrogen (secondary N) is 1. The van der Waals surface area contributed by atoms with E-state index in [1.807, 2.05) is 13.8 Å². The molecule has 3 amide bonds. The van der Waals surface area contributed by atoms with Crippen LogP contribution in [0.2, 0.25) is 0 Å². The van der Waals surface area contributed by atoms with Crippen molar-refractivity contribution in [3.8, 4) is 5.75 Å². The molecule has 2 heterocycles. The molecule has 0 saturated carbocycles. The molecule has 2 aliphatic heterocycles. The maximum absolute atomic E-state index is 13.3. The molecule has 0 atom stereocenters. The number of nitrogens with zero attached hydrogens (tertiary/aromatic N) is 2. The van der Waals surface area contributed by atoms with Crippen LogP contribution < -0.4 is 15.0 Å². The minimum absolute atomic E-state index is 0.00980. The molecule has 11 heteroatoms. The topological polar surface area (TPSA) is 122 Å². The molecule has 0 aromatic heterocycles. The molecule has 202 valence electrons. The number of morpholine rings is 1. The molecule has 3 aromatic carbocycles. The largest absolute Gasteiger partial charge is 0.489 e. The summed E-state index contributed by atoms with van der Waals surface area (Å²) in [6, 6.07) is 17.0. The summed E-state index contributed by atoms with van der Waals surface area (Å²) in [7, 11) is -3.82. The molecule has 5 rings (SSSR count). The third-order valence-corrected chi connectivity index (χ3v) is 8.22. The monoisotopic (exact) mass is 549 g/mol. The van der Waals surface area contributed by atoms with Crippen LogP contribution in [-0.4, -0.2) is 62.9 Å². The standard InChI is InChI=1S/C28H27N3O7S/c1-18(2)38-25-11-10-21(39(35,36)30-12-14-37-15-13-30)17-24(25)29-26(32)19-6-5-7-20(16-19)31-27(33)22-8-3-4-9-23(22)28(31)34/h3-11,16-18H,12-15H2,1-2H3,(H,29,32). The second-order valence-electron chi connectivity index (χ2n) is 9.34. The van der Waals surface area contributed by atoms with Crippen molar-refractivity contribution in [3.05, 3.63) is 83.4 Å². The van der Waals surface area contributed by atoms with E-state index in [9.17, 15) is 22.8 Å². The summed E-state index contributed by atoms with van der Waals surface area (Å²) >= 11 is 0. The second kappa shape index (κ2) is 10.6. The Morgan fingerprint density at radius 1 is 0.923 bits per heavy atom. The molecule has 0 radical (unpaired) electrons. The molecule has 1 fully saturated rings. The lowest BCUT2D eigenvalue weighted by Crippen LogP contribution is -2.40. The Balaban J connectivity index is 1.44. The van der Waals surface area contributed by atoms with Crippen LogP contribution in [0.25, 0.3) is 0 Å². The SMILES string of the molecule is CC(C)Oc1ccc(S(=O)(=O)N2CCOCC2)cc1NC(=O)c1cccc(N2C(=O)c3ccccc3C2=O)c1. The van der Waals surface area contributed by atoms with E-state index in [4.69, 9.17) is 9.47 Å². The Morgan fingerprint density at radius 2 is 1.59 bits per heavy atom. The van der Waals surface area contributed by atoms with Gasteiger partial charge in [-0.05, 0) is 62.4 Å². The quantitative estimate of drug-likeness (QED) is 0.447. The van der Waals surface area contributed by atoms with Gasteiger partial charge < -0.3 is 14.8 Å². The van der Waals surface area contributed by atoms with Gasteiger partial charge in [0.05, 0.1) is 46.7 Å². The zero-order valence-corrected chi connectivity index (χ0v) is 22.2. The first kappa shape index (κ1) is 26.5. The van der Waals surface area contributed by atoms with E-state index < -0.39 is 27.7 Å². The third kappa shape index (κ3) is 5.16. The molecule has 0 unspecified atom stereocenters. The maximum Gasteiger partial charge on any atom is 0.266 e. The van der Waals surface area contributed by atoms with Crippen molar-refractivity contribution in [1.82, 2.24) is 4.31 Å². The second-order valence-corrected chi connectivity index (χ2v) is 11.3. The van der Waals surface area contributed by atoms with Crippen molar-refractivity contribution in [2.75, 3.05) is 36.5 Å². The van der Waals surface area contributed by atoms with E-state index in [1.165, 1.54) is 34.6 Å². The van der Waals surface area contributed by atoms with E-state index in [0.717, 1.165) is 4.90 Å². The average molecular weight is 550 g/mol. The number of ether oxygens (including phenoxy) is 2. The van der Waals surface area contributed by atoms with Crippen LogP contribution in [0.3, 0.4) is 0 Å². The number of hydrogen-bond acceptors (Lipinski definition) is 7. The van der Waals surface area contributed by atoms with Crippen molar-refractivity contribution >= 4 is 39.1 Å². The van der Waals surface area contributed by atoms with Gasteiger partial charge in [0.2, 0.25) is 10.0 Å². The van der Waals surface area contributed by atoms with Gasteiger partial charge in [-0.15, -0.1) is 0 Å². The average Bonchev–Trinajstić information content (AvgIpc) is 3.19. The van der Waals surface area contributed by atoms with E-state index in [2.05, 4.69) is 5.32 Å². The van der Waals surface area contributed by atoms with E-state index in [1.54, 1.807) is 36.4 Å². The van der Waals surface area contributed by atoms with E-state index in [0.29, 0.717) is 30.1 Å². The molecular weight excluding hydrogens is 522 g/mol. The smallest absolute Gasteiger partial charge is 0.266 e. The molecule has 0 spiro atoms. The van der Waals surface area contributed by atoms with Crippen LogP contribution in [0.4, 0.5) is 11.4 Å². The maximum atomic E-state index is 13.3. The van der Waals surface area contributed by atoms with Crippen LogP contribution in [0.15, 0.2) is 71.6 Å². The third-order valence-electron chi connectivity index (χ3n) is 6.33. The lowest BCUT2D eigenvalue weighted by molar-refractivity contribution is 0.0730. The fourth-order valence-electron chi connectivity index (χ4n) is 4.46. The number of amides is 3. The summed E-state index contributed by atoms with van der Waals surface area (Å²) in [5, 5.41) is 2.75. The highest BCUT2D eigenvalue weighted by Gasteiger charge is 2.36. The Kier molecular flexibility index (Phi) is 7.21. The lowest BCUT2D eigenvalue weighted by Gasteiger charge is -2.26. The Morgan fingerprint density at radius 3 is 2.23 bits per heavy atom. The van der Waals surface area contributed by atoms with Crippen LogP contribution in [-0.2, 0) is 14.8 Å². The summed E-state index contributed by atoms with van der Waals surface area (Å²) < 4.78 is 38.9. The van der Waals surface area contributed by atoms with Gasteiger partial charge in [0.1, 0.15) is 5.75 Å². The number of fused-ring (bicyclic) bond motifs is 1. The van der Waals surface area contributed by atoms with Gasteiger partial charge in [-0.2, -0.15) is 4.31 Å². The normalized spacial score (nSPS) is 15.9. The number of hydrogen-bond donors (Lipinski definition) is 1. The molecule has 1 saturated heterocycles. The van der Waals surface area contributed by atoms with Gasteiger partial charge >= 0.3 is 0 Å². The molecule has 0 aliphatic carbocycles. The van der Waals surface area contributed by atoms with Crippen LogP contribution in [0.5, 0.6) is 5.75 Å². The Labute approximate surface area is 226 Å². The van der Waals surface area contributed by atoms with Crippen molar-refractivity contribution < 1.29 is 32.3 Å². The minimum atomic E-state index is -3.82. The van der Waals surface area contributed by atoms with Crippen molar-refractivity contribution in [2.45, 2.75) is 24.8 Å². The fourth-order valence-corrected chi connectivity index (χ4v) is 5.90. The summed E-state index contributed by atoms with van der Waals surface area (Å²) in [4.78, 5) is 40.2. The highest BCUT2D eigenvalue weighted by molar-refractivity contribution is 7.89. The highest BCUT2D eigenvalue weighted by atomic mass is 32.2. The zero-order valence-electron chi connectivity index (χ0n) is 21.4. The van der Waals surface area contributed by atoms with Crippen LogP contribution in [0.1, 0.15) is 44.9 Å². The van der Waals surface area contributed by atoms with Gasteiger partial charge in [0, 0.05) is 18.7 Å². The molecule has 10 nitrogen and oxygen atoms in total. The van der Waals surface area contributed by atoms with Gasteiger partial charge in [0.15, 0.2) is 0 Å². The van der Waals surface area contributed by atoms with Gasteiger partial charge in [-0.1, -0.05) is 18.2 Å².